The number of nitrogens with two attached hydrogens (primary N) is 1. The number of halogens is 2. The lowest BCUT2D eigenvalue weighted by Crippen LogP contribution is -2.13. The van der Waals surface area contributed by atoms with Crippen LogP contribution in [0, 0.1) is 5.92 Å². The Hall–Kier alpha value is -1.16. The average Bonchev–Trinajstić information content (AvgIpc) is 2.17. The molecule has 15 heavy (non-hydrogen) atoms. The fourth-order valence-electron chi connectivity index (χ4n) is 1.33. The van der Waals surface area contributed by atoms with E-state index in [4.69, 9.17) is 5.73 Å². The van der Waals surface area contributed by atoms with Crippen molar-refractivity contribution in [2.24, 2.45) is 11.7 Å². The number of hydrogen-bond acceptors (Lipinski definition) is 2. The van der Waals surface area contributed by atoms with Crippen LogP contribution in [0.4, 0.5) is 8.78 Å². The fraction of sp³-hybridized carbons (Fsp3) is 0.455. The molecule has 0 aliphatic rings. The summed E-state index contributed by atoms with van der Waals surface area (Å²) in [5.41, 5.74) is 6.45. The van der Waals surface area contributed by atoms with Crippen molar-refractivity contribution in [2.75, 3.05) is 6.54 Å². The highest BCUT2D eigenvalue weighted by molar-refractivity contribution is 5.28. The molecule has 0 amide bonds. The zero-order valence-corrected chi connectivity index (χ0v) is 8.62. The molecule has 0 aliphatic heterocycles. The largest absolute Gasteiger partial charge is 0.435 e. The van der Waals surface area contributed by atoms with Crippen molar-refractivity contribution in [1.82, 2.24) is 0 Å². The maximum Gasteiger partial charge on any atom is 0.387 e. The zero-order valence-electron chi connectivity index (χ0n) is 8.62. The molecule has 4 heteroatoms. The maximum atomic E-state index is 11.9. The van der Waals surface area contributed by atoms with E-state index < -0.39 is 6.61 Å². The van der Waals surface area contributed by atoms with Crippen molar-refractivity contribution in [3.05, 3.63) is 29.8 Å². The van der Waals surface area contributed by atoms with E-state index in [1.54, 1.807) is 12.1 Å². The molecule has 2 N–H and O–H groups in total. The molecular formula is C11H15F2NO. The van der Waals surface area contributed by atoms with Gasteiger partial charge in [0.15, 0.2) is 0 Å². The number of rotatable bonds is 5. The molecule has 0 aromatic heterocycles. The second-order valence-electron chi connectivity index (χ2n) is 3.57. The molecule has 1 aromatic carbocycles. The third-order valence-corrected chi connectivity index (χ3v) is 2.11. The highest BCUT2D eigenvalue weighted by Gasteiger charge is 2.06. The molecule has 0 spiro atoms. The van der Waals surface area contributed by atoms with Gasteiger partial charge in [-0.05, 0) is 36.6 Å². The predicted molar refractivity (Wildman–Crippen MR) is 55.0 cm³/mol. The van der Waals surface area contributed by atoms with Gasteiger partial charge in [-0.15, -0.1) is 0 Å². The van der Waals surface area contributed by atoms with Crippen LogP contribution in [0.2, 0.25) is 0 Å². The second kappa shape index (κ2) is 5.66. The first-order valence-electron chi connectivity index (χ1n) is 4.85. The van der Waals surface area contributed by atoms with E-state index in [1.807, 2.05) is 13.0 Å². The number of hydrogen-bond donors (Lipinski definition) is 1. The van der Waals surface area contributed by atoms with Crippen molar-refractivity contribution in [2.45, 2.75) is 20.0 Å². The maximum absolute atomic E-state index is 11.9. The molecular weight excluding hydrogens is 200 g/mol. The summed E-state index contributed by atoms with van der Waals surface area (Å²) < 4.78 is 28.2. The van der Waals surface area contributed by atoms with Gasteiger partial charge in [-0.2, -0.15) is 8.78 Å². The van der Waals surface area contributed by atoms with Crippen LogP contribution in [0.3, 0.4) is 0 Å². The number of ether oxygens (including phenoxy) is 1. The molecule has 0 radical (unpaired) electrons. The Morgan fingerprint density at radius 3 is 2.73 bits per heavy atom. The van der Waals surface area contributed by atoms with E-state index in [-0.39, 0.29) is 5.75 Å². The van der Waals surface area contributed by atoms with Gasteiger partial charge in [0.25, 0.3) is 0 Å². The van der Waals surface area contributed by atoms with E-state index in [0.29, 0.717) is 12.5 Å². The summed E-state index contributed by atoms with van der Waals surface area (Å²) in [6.07, 6.45) is 0.775. The van der Waals surface area contributed by atoms with Crippen LogP contribution < -0.4 is 10.5 Å². The van der Waals surface area contributed by atoms with Crippen molar-refractivity contribution in [1.29, 1.82) is 0 Å². The van der Waals surface area contributed by atoms with Crippen LogP contribution in [-0.4, -0.2) is 13.2 Å². The van der Waals surface area contributed by atoms with Crippen LogP contribution in [0.25, 0.3) is 0 Å². The van der Waals surface area contributed by atoms with Gasteiger partial charge in [0.05, 0.1) is 0 Å². The Labute approximate surface area is 88.0 Å². The van der Waals surface area contributed by atoms with Gasteiger partial charge >= 0.3 is 6.61 Å². The van der Waals surface area contributed by atoms with Crippen LogP contribution in [0.1, 0.15) is 12.5 Å². The monoisotopic (exact) mass is 215 g/mol. The first-order valence-corrected chi connectivity index (χ1v) is 4.85. The molecule has 0 bridgehead atoms. The minimum Gasteiger partial charge on any atom is -0.435 e. The van der Waals surface area contributed by atoms with E-state index in [2.05, 4.69) is 4.74 Å². The van der Waals surface area contributed by atoms with E-state index >= 15 is 0 Å². The predicted octanol–water partition coefficient (Wildman–Crippen LogP) is 2.43. The van der Waals surface area contributed by atoms with Gasteiger partial charge in [-0.25, -0.2) is 0 Å². The van der Waals surface area contributed by atoms with Crippen LogP contribution in [-0.2, 0) is 6.42 Å². The van der Waals surface area contributed by atoms with Crippen molar-refractivity contribution < 1.29 is 13.5 Å². The first kappa shape index (κ1) is 11.9. The van der Waals surface area contributed by atoms with Crippen molar-refractivity contribution in [3.63, 3.8) is 0 Å². The lowest BCUT2D eigenvalue weighted by Gasteiger charge is -2.10. The summed E-state index contributed by atoms with van der Waals surface area (Å²) in [6.45, 7) is -0.173. The molecule has 0 saturated carbocycles. The summed E-state index contributed by atoms with van der Waals surface area (Å²) in [4.78, 5) is 0. The highest BCUT2D eigenvalue weighted by atomic mass is 19.3. The summed E-state index contributed by atoms with van der Waals surface area (Å²) in [5, 5.41) is 0. The van der Waals surface area contributed by atoms with Gasteiger partial charge in [-0.1, -0.05) is 19.1 Å². The molecule has 1 aromatic rings. The Morgan fingerprint density at radius 2 is 2.13 bits per heavy atom. The first-order chi connectivity index (χ1) is 7.11. The summed E-state index contributed by atoms with van der Waals surface area (Å²) in [7, 11) is 0. The minimum absolute atomic E-state index is 0.201. The number of alkyl halides is 2. The third kappa shape index (κ3) is 4.25. The Balaban J connectivity index is 2.65. The highest BCUT2D eigenvalue weighted by Crippen LogP contribution is 2.17. The Bertz CT molecular complexity index is 304. The van der Waals surface area contributed by atoms with E-state index in [0.717, 1.165) is 12.0 Å². The van der Waals surface area contributed by atoms with Crippen LogP contribution in [0.5, 0.6) is 5.75 Å². The standard InChI is InChI=1S/C11H15F2NO/c1-8(7-14)5-9-3-2-4-10(6-9)15-11(12)13/h2-4,6,8,11H,5,7,14H2,1H3. The second-order valence-corrected chi connectivity index (χ2v) is 3.57. The summed E-state index contributed by atoms with van der Waals surface area (Å²) in [6, 6.07) is 6.72. The number of benzene rings is 1. The van der Waals surface area contributed by atoms with Crippen LogP contribution >= 0.6 is 0 Å². The molecule has 1 atom stereocenters. The van der Waals surface area contributed by atoms with Gasteiger partial charge in [0.1, 0.15) is 5.75 Å². The Morgan fingerprint density at radius 1 is 1.40 bits per heavy atom. The zero-order chi connectivity index (χ0) is 11.3. The van der Waals surface area contributed by atoms with Crippen molar-refractivity contribution >= 4 is 0 Å². The van der Waals surface area contributed by atoms with E-state index in [1.165, 1.54) is 6.07 Å². The normalized spacial score (nSPS) is 12.9. The Kier molecular flexibility index (Phi) is 4.49. The molecule has 1 unspecified atom stereocenters. The molecule has 0 aliphatic carbocycles. The smallest absolute Gasteiger partial charge is 0.387 e. The van der Waals surface area contributed by atoms with Gasteiger partial charge < -0.3 is 10.5 Å². The fourth-order valence-corrected chi connectivity index (χ4v) is 1.33. The van der Waals surface area contributed by atoms with Crippen molar-refractivity contribution in [3.8, 4) is 5.75 Å². The molecule has 2 nitrogen and oxygen atoms in total. The van der Waals surface area contributed by atoms with Crippen LogP contribution in [0.15, 0.2) is 24.3 Å². The van der Waals surface area contributed by atoms with Gasteiger partial charge in [0, 0.05) is 0 Å². The lowest BCUT2D eigenvalue weighted by molar-refractivity contribution is -0.0498. The molecule has 0 heterocycles. The lowest BCUT2D eigenvalue weighted by atomic mass is 10.0. The SMILES string of the molecule is CC(CN)Cc1cccc(OC(F)F)c1. The molecule has 0 saturated heterocycles. The van der Waals surface area contributed by atoms with E-state index in [9.17, 15) is 8.78 Å². The molecule has 0 fully saturated rings. The minimum atomic E-state index is -2.77. The van der Waals surface area contributed by atoms with Gasteiger partial charge in [-0.3, -0.25) is 0 Å². The molecule has 1 rings (SSSR count). The quantitative estimate of drug-likeness (QED) is 0.818. The summed E-state index contributed by atoms with van der Waals surface area (Å²) >= 11 is 0. The topological polar surface area (TPSA) is 35.2 Å². The third-order valence-electron chi connectivity index (χ3n) is 2.11. The molecule has 84 valence electrons. The average molecular weight is 215 g/mol. The van der Waals surface area contributed by atoms with Gasteiger partial charge in [0.2, 0.25) is 0 Å². The summed E-state index contributed by atoms with van der Waals surface area (Å²) in [5.74, 6) is 0.540.